The van der Waals surface area contributed by atoms with Gasteiger partial charge in [-0.05, 0) is 43.2 Å². The fourth-order valence-electron chi connectivity index (χ4n) is 2.10. The number of carbonyl (C=O) groups excluding carboxylic acids is 1. The quantitative estimate of drug-likeness (QED) is 0.693. The van der Waals surface area contributed by atoms with E-state index in [0.29, 0.717) is 5.75 Å². The number of aromatic nitrogens is 1. The lowest BCUT2D eigenvalue weighted by atomic mass is 10.1. The summed E-state index contributed by atoms with van der Waals surface area (Å²) in [7, 11) is 1.74. The maximum absolute atomic E-state index is 11.6. The minimum Gasteiger partial charge on any atom is -0.482 e. The number of ether oxygens (including phenoxy) is 1. The molecule has 0 aliphatic carbocycles. The smallest absolute Gasteiger partial charge is 0.264 e. The average molecular weight is 278 g/mol. The third-order valence-electron chi connectivity index (χ3n) is 3.27. The maximum Gasteiger partial charge on any atom is 0.264 e. The lowest BCUT2D eigenvalue weighted by molar-refractivity contribution is -0.120. The Kier molecular flexibility index (Phi) is 3.33. The lowest BCUT2D eigenvalue weighted by Gasteiger charge is -2.25. The van der Waals surface area contributed by atoms with E-state index in [0.717, 1.165) is 22.6 Å². The van der Waals surface area contributed by atoms with Crippen LogP contribution >= 0.6 is 0 Å². The first kappa shape index (κ1) is 13.2. The Morgan fingerprint density at radius 3 is 2.90 bits per heavy atom. The third-order valence-corrected chi connectivity index (χ3v) is 3.27. The van der Waals surface area contributed by atoms with Crippen LogP contribution in [0.3, 0.4) is 0 Å². The van der Waals surface area contributed by atoms with Crippen LogP contribution in [0.2, 0.25) is 0 Å². The van der Waals surface area contributed by atoms with Gasteiger partial charge in [0.05, 0.1) is 5.69 Å². The van der Waals surface area contributed by atoms with E-state index in [1.54, 1.807) is 11.9 Å². The molecule has 0 fully saturated rings. The minimum absolute atomic E-state index is 0.0621. The van der Waals surface area contributed by atoms with E-state index < -0.39 is 0 Å². The summed E-state index contributed by atoms with van der Waals surface area (Å²) >= 11 is 0. The topological polar surface area (TPSA) is 42.4 Å². The summed E-state index contributed by atoms with van der Waals surface area (Å²) < 4.78 is 5.39. The molecule has 0 atom stereocenters. The molecule has 0 saturated heterocycles. The van der Waals surface area contributed by atoms with Crippen LogP contribution < -0.4 is 9.64 Å². The van der Waals surface area contributed by atoms with E-state index >= 15 is 0 Å². The van der Waals surface area contributed by atoms with E-state index in [1.165, 1.54) is 0 Å². The van der Waals surface area contributed by atoms with Gasteiger partial charge in [0.15, 0.2) is 6.61 Å². The molecule has 1 aliphatic rings. The van der Waals surface area contributed by atoms with Gasteiger partial charge in [0.2, 0.25) is 0 Å². The summed E-state index contributed by atoms with van der Waals surface area (Å²) in [6.07, 6.45) is 0. The zero-order chi connectivity index (χ0) is 14.8. The van der Waals surface area contributed by atoms with Gasteiger partial charge in [-0.2, -0.15) is 0 Å². The van der Waals surface area contributed by atoms with Crippen LogP contribution in [0.25, 0.3) is 0 Å². The molecule has 0 bridgehead atoms. The lowest BCUT2D eigenvalue weighted by Crippen LogP contribution is -2.35. The van der Waals surface area contributed by atoms with Crippen molar-refractivity contribution in [1.29, 1.82) is 0 Å². The number of carbonyl (C=O) groups is 1. The summed E-state index contributed by atoms with van der Waals surface area (Å²) in [5.74, 6) is 6.74. The Bertz CT molecular complexity index is 772. The zero-order valence-corrected chi connectivity index (χ0v) is 11.9. The molecule has 0 radical (unpaired) electrons. The number of pyridine rings is 1. The van der Waals surface area contributed by atoms with Gasteiger partial charge in [0.25, 0.3) is 5.91 Å². The molecule has 1 aromatic heterocycles. The van der Waals surface area contributed by atoms with Gasteiger partial charge in [-0.1, -0.05) is 12.0 Å². The largest absolute Gasteiger partial charge is 0.482 e. The zero-order valence-electron chi connectivity index (χ0n) is 11.9. The highest BCUT2D eigenvalue weighted by atomic mass is 16.5. The highest BCUT2D eigenvalue weighted by molar-refractivity contribution is 5.97. The highest BCUT2D eigenvalue weighted by Gasteiger charge is 2.21. The number of likely N-dealkylation sites (N-methyl/N-ethyl adjacent to an activating group) is 1. The van der Waals surface area contributed by atoms with Crippen LogP contribution in [-0.4, -0.2) is 24.5 Å². The number of rotatable bonds is 0. The Hall–Kier alpha value is -2.80. The summed E-state index contributed by atoms with van der Waals surface area (Å²) in [5.41, 5.74) is 3.23. The van der Waals surface area contributed by atoms with Crippen LogP contribution in [0.15, 0.2) is 36.4 Å². The molecule has 0 saturated carbocycles. The van der Waals surface area contributed by atoms with Crippen LogP contribution in [0.1, 0.15) is 17.0 Å². The predicted octanol–water partition coefficient (Wildman–Crippen LogP) is 2.15. The molecule has 2 heterocycles. The van der Waals surface area contributed by atoms with Crippen molar-refractivity contribution in [3.05, 3.63) is 53.3 Å². The molecule has 4 heteroatoms. The second-order valence-corrected chi connectivity index (χ2v) is 4.84. The Labute approximate surface area is 123 Å². The van der Waals surface area contributed by atoms with Crippen LogP contribution in [0.5, 0.6) is 5.75 Å². The number of benzene rings is 1. The van der Waals surface area contributed by atoms with Crippen molar-refractivity contribution in [2.45, 2.75) is 6.92 Å². The molecule has 1 aliphatic heterocycles. The van der Waals surface area contributed by atoms with Gasteiger partial charge < -0.3 is 9.64 Å². The second-order valence-electron chi connectivity index (χ2n) is 4.84. The van der Waals surface area contributed by atoms with E-state index in [4.69, 9.17) is 4.74 Å². The van der Waals surface area contributed by atoms with Crippen molar-refractivity contribution in [1.82, 2.24) is 4.98 Å². The van der Waals surface area contributed by atoms with Gasteiger partial charge in [-0.3, -0.25) is 4.79 Å². The second kappa shape index (κ2) is 5.29. The fraction of sp³-hybridized carbons (Fsp3) is 0.176. The molecule has 4 nitrogen and oxygen atoms in total. The van der Waals surface area contributed by atoms with Crippen LogP contribution in [0.4, 0.5) is 5.69 Å². The number of anilines is 1. The normalized spacial score (nSPS) is 13.0. The maximum atomic E-state index is 11.6. The van der Waals surface area contributed by atoms with Gasteiger partial charge in [-0.25, -0.2) is 4.98 Å². The number of aryl methyl sites for hydroxylation is 1. The van der Waals surface area contributed by atoms with Crippen molar-refractivity contribution in [2.75, 3.05) is 18.6 Å². The molecule has 0 spiro atoms. The van der Waals surface area contributed by atoms with Crippen molar-refractivity contribution < 1.29 is 9.53 Å². The van der Waals surface area contributed by atoms with Crippen LogP contribution in [-0.2, 0) is 4.79 Å². The number of nitrogens with zero attached hydrogens (tertiary/aromatic N) is 2. The number of hydrogen-bond acceptors (Lipinski definition) is 3. The molecule has 0 unspecified atom stereocenters. The molecule has 104 valence electrons. The molecule has 3 rings (SSSR count). The molecule has 0 N–H and O–H groups in total. The SMILES string of the molecule is Cc1cccc(C#Cc2ccc3c(c2)N(C)C(=O)CO3)n1. The molecule has 1 aromatic carbocycles. The monoisotopic (exact) mass is 278 g/mol. The van der Waals surface area contributed by atoms with E-state index in [1.807, 2.05) is 43.3 Å². The van der Waals surface area contributed by atoms with Crippen molar-refractivity contribution in [2.24, 2.45) is 0 Å². The number of hydrogen-bond donors (Lipinski definition) is 0. The van der Waals surface area contributed by atoms with E-state index in [-0.39, 0.29) is 12.5 Å². The van der Waals surface area contributed by atoms with Crippen molar-refractivity contribution >= 4 is 11.6 Å². The van der Waals surface area contributed by atoms with Gasteiger partial charge in [0, 0.05) is 18.3 Å². The van der Waals surface area contributed by atoms with Crippen molar-refractivity contribution in [3.8, 4) is 17.6 Å². The van der Waals surface area contributed by atoms with Gasteiger partial charge in [0.1, 0.15) is 11.4 Å². The van der Waals surface area contributed by atoms with Crippen LogP contribution in [0, 0.1) is 18.8 Å². The average Bonchev–Trinajstić information content (AvgIpc) is 2.49. The Morgan fingerprint density at radius 1 is 1.24 bits per heavy atom. The molecular formula is C17H14N2O2. The first-order valence-electron chi connectivity index (χ1n) is 6.62. The van der Waals surface area contributed by atoms with Crippen molar-refractivity contribution in [3.63, 3.8) is 0 Å². The molecule has 21 heavy (non-hydrogen) atoms. The standard InChI is InChI=1S/C17H14N2O2/c1-12-4-3-5-14(18-12)8-6-13-7-9-16-15(10-13)19(2)17(20)11-21-16/h3-5,7,9-10H,11H2,1-2H3. The summed E-state index contributed by atoms with van der Waals surface area (Å²) in [6.45, 7) is 2.02. The first-order chi connectivity index (χ1) is 10.1. The highest BCUT2D eigenvalue weighted by Crippen LogP contribution is 2.31. The summed E-state index contributed by atoms with van der Waals surface area (Å²) in [5, 5.41) is 0. The Balaban J connectivity index is 1.93. The third kappa shape index (κ3) is 2.72. The molecule has 1 amide bonds. The fourth-order valence-corrected chi connectivity index (χ4v) is 2.10. The summed E-state index contributed by atoms with van der Waals surface area (Å²) in [6, 6.07) is 11.3. The Morgan fingerprint density at radius 2 is 2.10 bits per heavy atom. The molecular weight excluding hydrogens is 264 g/mol. The number of amides is 1. The first-order valence-corrected chi connectivity index (χ1v) is 6.62. The summed E-state index contributed by atoms with van der Waals surface area (Å²) in [4.78, 5) is 17.6. The van der Waals surface area contributed by atoms with Gasteiger partial charge >= 0.3 is 0 Å². The van der Waals surface area contributed by atoms with E-state index in [2.05, 4.69) is 16.8 Å². The molecule has 2 aromatic rings. The minimum atomic E-state index is -0.0621. The number of fused-ring (bicyclic) bond motifs is 1. The van der Waals surface area contributed by atoms with E-state index in [9.17, 15) is 4.79 Å². The predicted molar refractivity (Wildman–Crippen MR) is 80.3 cm³/mol. The van der Waals surface area contributed by atoms with Gasteiger partial charge in [-0.15, -0.1) is 0 Å².